The monoisotopic (exact) mass is 253 g/mol. The normalized spacial score (nSPS) is 10.1. The summed E-state index contributed by atoms with van der Waals surface area (Å²) in [7, 11) is 0. The maximum atomic E-state index is 5.94. The molecule has 1 rings (SSSR count). The van der Waals surface area contributed by atoms with Crippen LogP contribution in [0.4, 0.5) is 0 Å². The van der Waals surface area contributed by atoms with Crippen molar-refractivity contribution in [2.24, 2.45) is 5.10 Å². The summed E-state index contributed by atoms with van der Waals surface area (Å²) in [5, 5.41) is 7.94. The summed E-state index contributed by atoms with van der Waals surface area (Å²) in [6.45, 7) is 4.17. The summed E-state index contributed by atoms with van der Waals surface area (Å²) in [5.74, 6) is 0. The van der Waals surface area contributed by atoms with Gasteiger partial charge < -0.3 is 5.32 Å². The van der Waals surface area contributed by atoms with E-state index in [4.69, 9.17) is 23.8 Å². The molecule has 16 heavy (non-hydrogen) atoms. The van der Waals surface area contributed by atoms with Crippen LogP contribution in [0.1, 0.15) is 5.56 Å². The van der Waals surface area contributed by atoms with E-state index in [1.54, 1.807) is 18.4 Å². The molecule has 0 saturated heterocycles. The number of nitrogens with one attached hydrogen (secondary N) is 2. The fourth-order valence-corrected chi connectivity index (χ4v) is 1.27. The summed E-state index contributed by atoms with van der Waals surface area (Å²) >= 11 is 10.9. The van der Waals surface area contributed by atoms with Gasteiger partial charge in [0.15, 0.2) is 5.11 Å². The Hall–Kier alpha value is -1.39. The number of hydrogen-bond donors (Lipinski definition) is 2. The number of thiocarbonyl (C=S) groups is 1. The van der Waals surface area contributed by atoms with Gasteiger partial charge in [0.1, 0.15) is 0 Å². The van der Waals surface area contributed by atoms with Gasteiger partial charge in [0.2, 0.25) is 0 Å². The Labute approximate surface area is 105 Å². The summed E-state index contributed by atoms with van der Waals surface area (Å²) in [6.07, 6.45) is 3.33. The van der Waals surface area contributed by atoms with E-state index in [2.05, 4.69) is 22.4 Å². The maximum absolute atomic E-state index is 5.94. The Balaban J connectivity index is 2.46. The molecule has 0 bridgehead atoms. The Morgan fingerprint density at radius 2 is 2.25 bits per heavy atom. The van der Waals surface area contributed by atoms with E-state index in [1.165, 1.54) is 0 Å². The molecule has 0 spiro atoms. The van der Waals surface area contributed by atoms with Gasteiger partial charge in [0.05, 0.1) is 6.21 Å². The van der Waals surface area contributed by atoms with Crippen molar-refractivity contribution >= 4 is 35.1 Å². The average Bonchev–Trinajstić information content (AvgIpc) is 2.29. The first kappa shape index (κ1) is 12.7. The van der Waals surface area contributed by atoms with E-state index >= 15 is 0 Å². The third-order valence-corrected chi connectivity index (χ3v) is 2.26. The fraction of sp³-hybridized carbons (Fsp3) is 0.0909. The average molecular weight is 254 g/mol. The molecule has 1 aromatic carbocycles. The number of rotatable bonds is 4. The van der Waals surface area contributed by atoms with Gasteiger partial charge in [0, 0.05) is 17.1 Å². The molecule has 0 amide bonds. The predicted octanol–water partition coefficient (Wildman–Crippen LogP) is 2.32. The first-order valence-corrected chi connectivity index (χ1v) is 5.45. The SMILES string of the molecule is C=CCNC(=S)N/N=C/c1ccccc1Cl. The molecular formula is C11H12ClN3S. The predicted molar refractivity (Wildman–Crippen MR) is 73.0 cm³/mol. The summed E-state index contributed by atoms with van der Waals surface area (Å²) in [4.78, 5) is 0. The van der Waals surface area contributed by atoms with Gasteiger partial charge in [-0.1, -0.05) is 35.9 Å². The summed E-state index contributed by atoms with van der Waals surface area (Å²) < 4.78 is 0. The van der Waals surface area contributed by atoms with Crippen molar-refractivity contribution in [3.63, 3.8) is 0 Å². The molecule has 0 unspecified atom stereocenters. The standard InChI is InChI=1S/C11H12ClN3S/c1-2-7-13-11(16)15-14-8-9-5-3-4-6-10(9)12/h2-6,8H,1,7H2,(H2,13,15,16)/b14-8+. The molecule has 0 aliphatic heterocycles. The molecule has 0 aliphatic carbocycles. The summed E-state index contributed by atoms with van der Waals surface area (Å²) in [6, 6.07) is 7.43. The zero-order valence-electron chi connectivity index (χ0n) is 8.61. The zero-order valence-corrected chi connectivity index (χ0v) is 10.2. The molecule has 3 nitrogen and oxygen atoms in total. The third-order valence-electron chi connectivity index (χ3n) is 1.68. The van der Waals surface area contributed by atoms with Crippen LogP contribution in [-0.2, 0) is 0 Å². The molecule has 0 aromatic heterocycles. The van der Waals surface area contributed by atoms with Gasteiger partial charge in [-0.15, -0.1) is 6.58 Å². The first-order valence-electron chi connectivity index (χ1n) is 4.66. The van der Waals surface area contributed by atoms with Crippen LogP contribution in [0.15, 0.2) is 42.0 Å². The van der Waals surface area contributed by atoms with Crippen LogP contribution < -0.4 is 10.7 Å². The van der Waals surface area contributed by atoms with Gasteiger partial charge in [0.25, 0.3) is 0 Å². The van der Waals surface area contributed by atoms with Crippen LogP contribution in [-0.4, -0.2) is 17.9 Å². The van der Waals surface area contributed by atoms with Crippen LogP contribution >= 0.6 is 23.8 Å². The molecule has 5 heteroatoms. The van der Waals surface area contributed by atoms with Crippen molar-refractivity contribution in [1.82, 2.24) is 10.7 Å². The zero-order chi connectivity index (χ0) is 11.8. The molecule has 84 valence electrons. The molecule has 0 heterocycles. The van der Waals surface area contributed by atoms with Crippen LogP contribution in [0, 0.1) is 0 Å². The van der Waals surface area contributed by atoms with Gasteiger partial charge in [-0.3, -0.25) is 5.43 Å². The van der Waals surface area contributed by atoms with Crippen molar-refractivity contribution in [3.05, 3.63) is 47.5 Å². The lowest BCUT2D eigenvalue weighted by molar-refractivity contribution is 0.942. The van der Waals surface area contributed by atoms with Gasteiger partial charge in [-0.2, -0.15) is 5.10 Å². The van der Waals surface area contributed by atoms with E-state index in [1.807, 2.05) is 18.2 Å². The quantitative estimate of drug-likeness (QED) is 0.374. The van der Waals surface area contributed by atoms with E-state index in [9.17, 15) is 0 Å². The highest BCUT2D eigenvalue weighted by molar-refractivity contribution is 7.80. The van der Waals surface area contributed by atoms with Crippen molar-refractivity contribution in [2.75, 3.05) is 6.54 Å². The Morgan fingerprint density at radius 3 is 2.94 bits per heavy atom. The van der Waals surface area contributed by atoms with Gasteiger partial charge in [-0.05, 0) is 18.3 Å². The van der Waals surface area contributed by atoms with Crippen LogP contribution in [0.25, 0.3) is 0 Å². The van der Waals surface area contributed by atoms with E-state index < -0.39 is 0 Å². The smallest absolute Gasteiger partial charge is 0.187 e. The minimum absolute atomic E-state index is 0.447. The number of hydrazone groups is 1. The largest absolute Gasteiger partial charge is 0.358 e. The number of nitrogens with zero attached hydrogens (tertiary/aromatic N) is 1. The topological polar surface area (TPSA) is 36.4 Å². The van der Waals surface area contributed by atoms with Crippen molar-refractivity contribution in [3.8, 4) is 0 Å². The molecule has 0 fully saturated rings. The third kappa shape index (κ3) is 4.42. The summed E-state index contributed by atoms with van der Waals surface area (Å²) in [5.41, 5.74) is 3.51. The Morgan fingerprint density at radius 1 is 1.50 bits per heavy atom. The Kier molecular flexibility index (Phi) is 5.53. The van der Waals surface area contributed by atoms with Crippen LogP contribution in [0.2, 0.25) is 5.02 Å². The van der Waals surface area contributed by atoms with Crippen LogP contribution in [0.3, 0.4) is 0 Å². The second-order valence-electron chi connectivity index (χ2n) is 2.89. The minimum atomic E-state index is 0.447. The Bertz CT molecular complexity index is 404. The van der Waals surface area contributed by atoms with E-state index in [-0.39, 0.29) is 0 Å². The molecule has 2 N–H and O–H groups in total. The van der Waals surface area contributed by atoms with Gasteiger partial charge >= 0.3 is 0 Å². The van der Waals surface area contributed by atoms with Crippen molar-refractivity contribution < 1.29 is 0 Å². The molecular weight excluding hydrogens is 242 g/mol. The molecule has 0 aliphatic rings. The molecule has 0 saturated carbocycles. The fourth-order valence-electron chi connectivity index (χ4n) is 0.945. The number of halogens is 1. The highest BCUT2D eigenvalue weighted by atomic mass is 35.5. The lowest BCUT2D eigenvalue weighted by Crippen LogP contribution is -2.31. The van der Waals surface area contributed by atoms with E-state index in [0.717, 1.165) is 5.56 Å². The molecule has 1 aromatic rings. The number of hydrogen-bond acceptors (Lipinski definition) is 2. The highest BCUT2D eigenvalue weighted by Gasteiger charge is 1.94. The second kappa shape index (κ2) is 6.98. The lowest BCUT2D eigenvalue weighted by Gasteiger charge is -2.03. The van der Waals surface area contributed by atoms with Crippen molar-refractivity contribution in [1.29, 1.82) is 0 Å². The number of benzene rings is 1. The second-order valence-corrected chi connectivity index (χ2v) is 3.71. The van der Waals surface area contributed by atoms with Gasteiger partial charge in [-0.25, -0.2) is 0 Å². The van der Waals surface area contributed by atoms with Crippen molar-refractivity contribution in [2.45, 2.75) is 0 Å². The molecule has 0 radical (unpaired) electrons. The molecule has 0 atom stereocenters. The van der Waals surface area contributed by atoms with E-state index in [0.29, 0.717) is 16.7 Å². The maximum Gasteiger partial charge on any atom is 0.187 e. The van der Waals surface area contributed by atoms with Crippen LogP contribution in [0.5, 0.6) is 0 Å². The first-order chi connectivity index (χ1) is 7.74. The minimum Gasteiger partial charge on any atom is -0.358 e. The highest BCUT2D eigenvalue weighted by Crippen LogP contribution is 2.11. The lowest BCUT2D eigenvalue weighted by atomic mass is 10.2.